The van der Waals surface area contributed by atoms with Gasteiger partial charge in [0.15, 0.2) is 0 Å². The average molecular weight is 481 g/mol. The average Bonchev–Trinajstić information content (AvgIpc) is 2.82. The Bertz CT molecular complexity index is 1210. The van der Waals surface area contributed by atoms with Crippen molar-refractivity contribution in [1.29, 1.82) is 0 Å². The standard InChI is InChI=1S/C27H32N2O4S/c1-4-5-17-29(19-21-9-7-6-8-10-21)26-16-13-23(18-25(26)27(30)31)28-34(32,33)24-14-11-22(12-15-24)20(2)3/h6-16,18,20,28H,4-5,17,19H2,1-3H3,(H,30,31). The summed E-state index contributed by atoms with van der Waals surface area (Å²) in [4.78, 5) is 14.3. The zero-order valence-corrected chi connectivity index (χ0v) is 20.7. The van der Waals surface area contributed by atoms with Crippen LogP contribution < -0.4 is 9.62 Å². The highest BCUT2D eigenvalue weighted by atomic mass is 32.2. The molecule has 2 N–H and O–H groups in total. The fourth-order valence-corrected chi connectivity index (χ4v) is 4.78. The second-order valence-electron chi connectivity index (χ2n) is 8.63. The van der Waals surface area contributed by atoms with E-state index in [9.17, 15) is 18.3 Å². The smallest absolute Gasteiger partial charge is 0.337 e. The molecule has 0 amide bonds. The number of benzene rings is 3. The molecular formula is C27H32N2O4S. The molecule has 7 heteroatoms. The van der Waals surface area contributed by atoms with Gasteiger partial charge in [0.1, 0.15) is 0 Å². The summed E-state index contributed by atoms with van der Waals surface area (Å²) in [6.45, 7) is 7.42. The molecule has 0 unspecified atom stereocenters. The minimum Gasteiger partial charge on any atom is -0.478 e. The van der Waals surface area contributed by atoms with Crippen LogP contribution in [0.2, 0.25) is 0 Å². The molecule has 6 nitrogen and oxygen atoms in total. The second kappa shape index (κ2) is 11.2. The number of carboxylic acids is 1. The van der Waals surface area contributed by atoms with Gasteiger partial charge in [0.2, 0.25) is 0 Å². The fraction of sp³-hybridized carbons (Fsp3) is 0.296. The Balaban J connectivity index is 1.91. The summed E-state index contributed by atoms with van der Waals surface area (Å²) in [5.74, 6) is -0.811. The van der Waals surface area contributed by atoms with E-state index in [1.165, 1.54) is 6.07 Å². The fourth-order valence-electron chi connectivity index (χ4n) is 3.73. The van der Waals surface area contributed by atoms with Crippen LogP contribution in [0, 0.1) is 0 Å². The van der Waals surface area contributed by atoms with Gasteiger partial charge in [0.25, 0.3) is 10.0 Å². The van der Waals surface area contributed by atoms with Gasteiger partial charge in [-0.1, -0.05) is 69.7 Å². The number of carbonyl (C=O) groups is 1. The summed E-state index contributed by atoms with van der Waals surface area (Å²) >= 11 is 0. The lowest BCUT2D eigenvalue weighted by molar-refractivity contribution is 0.0697. The molecule has 0 bridgehead atoms. The number of nitrogens with one attached hydrogen (secondary N) is 1. The summed E-state index contributed by atoms with van der Waals surface area (Å²) < 4.78 is 28.3. The van der Waals surface area contributed by atoms with Crippen molar-refractivity contribution in [2.24, 2.45) is 0 Å². The Morgan fingerprint density at radius 2 is 1.68 bits per heavy atom. The first-order chi connectivity index (χ1) is 16.2. The second-order valence-corrected chi connectivity index (χ2v) is 10.3. The maximum absolute atomic E-state index is 12.9. The monoisotopic (exact) mass is 480 g/mol. The van der Waals surface area contributed by atoms with Crippen LogP contribution >= 0.6 is 0 Å². The number of aromatic carboxylic acids is 1. The van der Waals surface area contributed by atoms with Crippen LogP contribution in [0.3, 0.4) is 0 Å². The summed E-state index contributed by atoms with van der Waals surface area (Å²) in [6, 6.07) is 21.3. The van der Waals surface area contributed by atoms with Gasteiger partial charge in [0, 0.05) is 18.8 Å². The summed E-state index contributed by atoms with van der Waals surface area (Å²) in [5, 5.41) is 9.92. The third kappa shape index (κ3) is 6.38. The molecule has 3 aromatic rings. The summed E-state index contributed by atoms with van der Waals surface area (Å²) in [6.07, 6.45) is 1.88. The van der Waals surface area contributed by atoms with E-state index in [-0.39, 0.29) is 16.1 Å². The highest BCUT2D eigenvalue weighted by Crippen LogP contribution is 2.28. The molecule has 0 aliphatic carbocycles. The van der Waals surface area contributed by atoms with Crippen LogP contribution in [0.25, 0.3) is 0 Å². The van der Waals surface area contributed by atoms with Crippen LogP contribution in [0.5, 0.6) is 0 Å². The molecule has 0 spiro atoms. The lowest BCUT2D eigenvalue weighted by Gasteiger charge is -2.27. The molecule has 0 heterocycles. The minimum atomic E-state index is -3.85. The van der Waals surface area contributed by atoms with Crippen LogP contribution in [0.15, 0.2) is 77.7 Å². The van der Waals surface area contributed by atoms with Crippen molar-refractivity contribution in [3.63, 3.8) is 0 Å². The van der Waals surface area contributed by atoms with Crippen molar-refractivity contribution in [1.82, 2.24) is 0 Å². The van der Waals surface area contributed by atoms with Crippen LogP contribution in [-0.2, 0) is 16.6 Å². The van der Waals surface area contributed by atoms with Crippen molar-refractivity contribution in [3.8, 4) is 0 Å². The van der Waals surface area contributed by atoms with E-state index in [4.69, 9.17) is 0 Å². The van der Waals surface area contributed by atoms with E-state index in [1.54, 1.807) is 36.4 Å². The van der Waals surface area contributed by atoms with Gasteiger partial charge >= 0.3 is 5.97 Å². The molecule has 0 fully saturated rings. The first-order valence-electron chi connectivity index (χ1n) is 11.5. The van der Waals surface area contributed by atoms with Crippen molar-refractivity contribution in [3.05, 3.63) is 89.5 Å². The zero-order valence-electron chi connectivity index (χ0n) is 19.9. The minimum absolute atomic E-state index is 0.0578. The van der Waals surface area contributed by atoms with E-state index in [2.05, 4.69) is 11.6 Å². The molecular weight excluding hydrogens is 448 g/mol. The normalized spacial score (nSPS) is 11.4. The number of rotatable bonds is 11. The Kier molecular flexibility index (Phi) is 8.34. The van der Waals surface area contributed by atoms with Gasteiger partial charge < -0.3 is 10.0 Å². The third-order valence-corrected chi connectivity index (χ3v) is 7.07. The highest BCUT2D eigenvalue weighted by molar-refractivity contribution is 7.92. The van der Waals surface area contributed by atoms with Crippen molar-refractivity contribution in [2.45, 2.75) is 51.0 Å². The first kappa shape index (κ1) is 25.3. The van der Waals surface area contributed by atoms with Gasteiger partial charge in [-0.3, -0.25) is 4.72 Å². The van der Waals surface area contributed by atoms with E-state index < -0.39 is 16.0 Å². The number of hydrogen-bond acceptors (Lipinski definition) is 4. The molecule has 0 saturated carbocycles. The van der Waals surface area contributed by atoms with E-state index in [1.807, 2.05) is 49.1 Å². The molecule has 3 rings (SSSR count). The number of hydrogen-bond donors (Lipinski definition) is 2. The third-order valence-electron chi connectivity index (χ3n) is 5.67. The molecule has 0 saturated heterocycles. The van der Waals surface area contributed by atoms with Crippen molar-refractivity contribution >= 4 is 27.4 Å². The SMILES string of the molecule is CCCCN(Cc1ccccc1)c1ccc(NS(=O)(=O)c2ccc(C(C)C)cc2)cc1C(=O)O. The molecule has 0 aromatic heterocycles. The van der Waals surface area contributed by atoms with Gasteiger partial charge in [-0.15, -0.1) is 0 Å². The number of carboxylic acid groups (broad SMARTS) is 1. The predicted molar refractivity (Wildman–Crippen MR) is 137 cm³/mol. The van der Waals surface area contributed by atoms with Gasteiger partial charge in [-0.05, 0) is 53.8 Å². The molecule has 0 aliphatic rings. The zero-order chi connectivity index (χ0) is 24.7. The molecule has 180 valence electrons. The summed E-state index contributed by atoms with van der Waals surface area (Å²) in [5.41, 5.74) is 2.95. The van der Waals surface area contributed by atoms with E-state index in [0.29, 0.717) is 24.7 Å². The Morgan fingerprint density at radius 3 is 2.26 bits per heavy atom. The maximum atomic E-state index is 12.9. The van der Waals surface area contributed by atoms with Crippen LogP contribution in [-0.4, -0.2) is 26.0 Å². The molecule has 3 aromatic carbocycles. The number of nitrogens with zero attached hydrogens (tertiary/aromatic N) is 1. The lowest BCUT2D eigenvalue weighted by Crippen LogP contribution is -2.26. The quantitative estimate of drug-likeness (QED) is 0.345. The van der Waals surface area contributed by atoms with Gasteiger partial charge in [-0.2, -0.15) is 0 Å². The maximum Gasteiger partial charge on any atom is 0.337 e. The topological polar surface area (TPSA) is 86.7 Å². The highest BCUT2D eigenvalue weighted by Gasteiger charge is 2.20. The largest absolute Gasteiger partial charge is 0.478 e. The van der Waals surface area contributed by atoms with Crippen LogP contribution in [0.4, 0.5) is 11.4 Å². The molecule has 0 radical (unpaired) electrons. The van der Waals surface area contributed by atoms with Crippen LogP contribution in [0.1, 0.15) is 61.0 Å². The predicted octanol–water partition coefficient (Wildman–Crippen LogP) is 6.12. The summed E-state index contributed by atoms with van der Waals surface area (Å²) in [7, 11) is -3.85. The first-order valence-corrected chi connectivity index (χ1v) is 13.0. The molecule has 0 atom stereocenters. The van der Waals surface area contributed by atoms with Gasteiger partial charge in [0.05, 0.1) is 16.1 Å². The Hall–Kier alpha value is -3.32. The Morgan fingerprint density at radius 1 is 1.00 bits per heavy atom. The molecule has 34 heavy (non-hydrogen) atoms. The Labute approximate surface area is 202 Å². The van der Waals surface area contributed by atoms with E-state index in [0.717, 1.165) is 24.0 Å². The van der Waals surface area contributed by atoms with Gasteiger partial charge in [-0.25, -0.2) is 13.2 Å². The van der Waals surface area contributed by atoms with E-state index >= 15 is 0 Å². The van der Waals surface area contributed by atoms with Crippen molar-refractivity contribution in [2.75, 3.05) is 16.2 Å². The number of sulfonamides is 1. The van der Waals surface area contributed by atoms with Crippen molar-refractivity contribution < 1.29 is 18.3 Å². The number of unbranched alkanes of at least 4 members (excludes halogenated alkanes) is 1. The lowest BCUT2D eigenvalue weighted by atomic mass is 10.0. The molecule has 0 aliphatic heterocycles. The number of anilines is 2.